The van der Waals surface area contributed by atoms with Crippen molar-refractivity contribution in [2.75, 3.05) is 18.9 Å². The molecule has 0 bridgehead atoms. The summed E-state index contributed by atoms with van der Waals surface area (Å²) >= 11 is 0. The lowest BCUT2D eigenvalue weighted by molar-refractivity contribution is 0.171. The van der Waals surface area contributed by atoms with E-state index < -0.39 is 0 Å². The number of aromatic nitrogens is 4. The molecule has 3 aromatic rings. The molecular formula is C15H15N5O2. The Morgan fingerprint density at radius 2 is 1.95 bits per heavy atom. The fourth-order valence-electron chi connectivity index (χ4n) is 2.56. The summed E-state index contributed by atoms with van der Waals surface area (Å²) in [6.07, 6.45) is 0.630. The van der Waals surface area contributed by atoms with Crippen LogP contribution in [0.25, 0.3) is 11.2 Å². The Morgan fingerprint density at radius 1 is 1.14 bits per heavy atom. The number of nitrogens with zero attached hydrogens (tertiary/aromatic N) is 3. The molecule has 3 heterocycles. The number of aryl methyl sites for hydroxylation is 1. The van der Waals surface area contributed by atoms with Crippen molar-refractivity contribution < 1.29 is 9.47 Å². The Labute approximate surface area is 126 Å². The van der Waals surface area contributed by atoms with Crippen LogP contribution in [0.1, 0.15) is 17.2 Å². The standard InChI is InChI=1S/C15H15N5O2/c1-8-17-14(16)13-15(18-8)20-12(19-13)7-9-2-3-10-11(6-9)22-5-4-21-10/h2-3,6H,4-5,7H2,1H3,(H3,16,17,18,19,20). The first kappa shape index (κ1) is 12.9. The topological polar surface area (TPSA) is 98.9 Å². The molecule has 0 aliphatic carbocycles. The highest BCUT2D eigenvalue weighted by Gasteiger charge is 2.14. The van der Waals surface area contributed by atoms with Crippen molar-refractivity contribution >= 4 is 17.0 Å². The average Bonchev–Trinajstić information content (AvgIpc) is 2.90. The summed E-state index contributed by atoms with van der Waals surface area (Å²) in [5.41, 5.74) is 8.23. The second-order valence-corrected chi connectivity index (χ2v) is 5.19. The van der Waals surface area contributed by atoms with Gasteiger partial charge in [0.05, 0.1) is 0 Å². The minimum Gasteiger partial charge on any atom is -0.486 e. The molecule has 0 saturated carbocycles. The van der Waals surface area contributed by atoms with Crippen molar-refractivity contribution in [3.8, 4) is 11.5 Å². The molecule has 112 valence electrons. The molecule has 7 nitrogen and oxygen atoms in total. The van der Waals surface area contributed by atoms with Gasteiger partial charge >= 0.3 is 0 Å². The van der Waals surface area contributed by atoms with Crippen LogP contribution in [0.4, 0.5) is 5.82 Å². The monoisotopic (exact) mass is 297 g/mol. The van der Waals surface area contributed by atoms with Gasteiger partial charge in [0.25, 0.3) is 0 Å². The maximum atomic E-state index is 5.88. The molecule has 0 unspecified atom stereocenters. The van der Waals surface area contributed by atoms with Gasteiger partial charge in [-0.2, -0.15) is 0 Å². The molecular weight excluding hydrogens is 282 g/mol. The van der Waals surface area contributed by atoms with Crippen LogP contribution in [-0.4, -0.2) is 33.1 Å². The van der Waals surface area contributed by atoms with Crippen LogP contribution >= 0.6 is 0 Å². The molecule has 1 aliphatic rings. The maximum absolute atomic E-state index is 5.88. The van der Waals surface area contributed by atoms with Crippen LogP contribution in [0.2, 0.25) is 0 Å². The van der Waals surface area contributed by atoms with Gasteiger partial charge in [-0.1, -0.05) is 6.07 Å². The van der Waals surface area contributed by atoms with E-state index in [1.807, 2.05) is 18.2 Å². The molecule has 0 spiro atoms. The number of imidazole rings is 1. The van der Waals surface area contributed by atoms with Crippen molar-refractivity contribution in [1.82, 2.24) is 19.9 Å². The summed E-state index contributed by atoms with van der Waals surface area (Å²) < 4.78 is 11.1. The summed E-state index contributed by atoms with van der Waals surface area (Å²) in [6, 6.07) is 5.90. The van der Waals surface area contributed by atoms with Gasteiger partial charge < -0.3 is 20.2 Å². The van der Waals surface area contributed by atoms with Gasteiger partial charge in [-0.15, -0.1) is 0 Å². The predicted octanol–water partition coefficient (Wildman–Crippen LogP) is 1.61. The molecule has 7 heteroatoms. The van der Waals surface area contributed by atoms with Crippen molar-refractivity contribution in [3.05, 3.63) is 35.4 Å². The lowest BCUT2D eigenvalue weighted by Crippen LogP contribution is -2.15. The number of nitrogen functional groups attached to an aromatic ring is 1. The van der Waals surface area contributed by atoms with E-state index in [0.29, 0.717) is 42.4 Å². The Bertz CT molecular complexity index is 859. The highest BCUT2D eigenvalue weighted by Crippen LogP contribution is 2.31. The Morgan fingerprint density at radius 3 is 2.82 bits per heavy atom. The highest BCUT2D eigenvalue weighted by molar-refractivity contribution is 5.81. The second-order valence-electron chi connectivity index (χ2n) is 5.19. The molecule has 2 aromatic heterocycles. The summed E-state index contributed by atoms with van der Waals surface area (Å²) in [5, 5.41) is 0. The molecule has 3 N–H and O–H groups in total. The van der Waals surface area contributed by atoms with E-state index in [2.05, 4.69) is 19.9 Å². The molecule has 0 amide bonds. The molecule has 22 heavy (non-hydrogen) atoms. The van der Waals surface area contributed by atoms with Gasteiger partial charge in [-0.3, -0.25) is 0 Å². The molecule has 0 radical (unpaired) electrons. The van der Waals surface area contributed by atoms with Gasteiger partial charge in [-0.05, 0) is 24.6 Å². The third-order valence-corrected chi connectivity index (χ3v) is 3.51. The first-order valence-corrected chi connectivity index (χ1v) is 7.06. The number of hydrogen-bond donors (Lipinski definition) is 2. The average molecular weight is 297 g/mol. The Hall–Kier alpha value is -2.83. The predicted molar refractivity (Wildman–Crippen MR) is 81.1 cm³/mol. The van der Waals surface area contributed by atoms with E-state index >= 15 is 0 Å². The number of ether oxygens (including phenoxy) is 2. The van der Waals surface area contributed by atoms with Gasteiger partial charge in [0.2, 0.25) is 0 Å². The number of H-pyrrole nitrogens is 1. The van der Waals surface area contributed by atoms with E-state index in [9.17, 15) is 0 Å². The largest absolute Gasteiger partial charge is 0.486 e. The van der Waals surface area contributed by atoms with Crippen LogP contribution in [0.15, 0.2) is 18.2 Å². The number of hydrogen-bond acceptors (Lipinski definition) is 6. The van der Waals surface area contributed by atoms with Crippen LogP contribution < -0.4 is 15.2 Å². The van der Waals surface area contributed by atoms with E-state index in [-0.39, 0.29) is 0 Å². The quantitative estimate of drug-likeness (QED) is 0.745. The van der Waals surface area contributed by atoms with Gasteiger partial charge in [0.15, 0.2) is 23.0 Å². The summed E-state index contributed by atoms with van der Waals surface area (Å²) in [6.45, 7) is 2.97. The van der Waals surface area contributed by atoms with Gasteiger partial charge in [0.1, 0.15) is 30.4 Å². The van der Waals surface area contributed by atoms with Crippen molar-refractivity contribution in [3.63, 3.8) is 0 Å². The van der Waals surface area contributed by atoms with Crippen LogP contribution in [0.3, 0.4) is 0 Å². The van der Waals surface area contributed by atoms with Crippen molar-refractivity contribution in [2.45, 2.75) is 13.3 Å². The zero-order chi connectivity index (χ0) is 15.1. The highest BCUT2D eigenvalue weighted by atomic mass is 16.6. The fourth-order valence-corrected chi connectivity index (χ4v) is 2.56. The number of rotatable bonds is 2. The second kappa shape index (κ2) is 4.87. The normalized spacial score (nSPS) is 13.5. The fraction of sp³-hybridized carbons (Fsp3) is 0.267. The minimum absolute atomic E-state index is 0.396. The summed E-state index contributed by atoms with van der Waals surface area (Å²) in [5.74, 6) is 3.37. The molecule has 0 saturated heterocycles. The molecule has 0 atom stereocenters. The first-order chi connectivity index (χ1) is 10.7. The van der Waals surface area contributed by atoms with Crippen LogP contribution in [0.5, 0.6) is 11.5 Å². The van der Waals surface area contributed by atoms with E-state index in [1.54, 1.807) is 6.92 Å². The third-order valence-electron chi connectivity index (χ3n) is 3.51. The number of anilines is 1. The lowest BCUT2D eigenvalue weighted by atomic mass is 10.1. The van der Waals surface area contributed by atoms with Crippen LogP contribution in [-0.2, 0) is 6.42 Å². The van der Waals surface area contributed by atoms with E-state index in [1.165, 1.54) is 0 Å². The molecule has 4 rings (SSSR count). The number of aromatic amines is 1. The number of fused-ring (bicyclic) bond motifs is 2. The summed E-state index contributed by atoms with van der Waals surface area (Å²) in [4.78, 5) is 16.1. The van der Waals surface area contributed by atoms with Crippen molar-refractivity contribution in [2.24, 2.45) is 0 Å². The number of nitrogens with one attached hydrogen (secondary N) is 1. The number of nitrogens with two attached hydrogens (primary N) is 1. The zero-order valence-electron chi connectivity index (χ0n) is 12.1. The SMILES string of the molecule is Cc1nc(N)c2nc(Cc3ccc4c(c3)OCCO4)[nH]c2n1. The van der Waals surface area contributed by atoms with Gasteiger partial charge in [0, 0.05) is 6.42 Å². The van der Waals surface area contributed by atoms with E-state index in [4.69, 9.17) is 15.2 Å². The molecule has 1 aliphatic heterocycles. The number of benzene rings is 1. The Balaban J connectivity index is 1.67. The first-order valence-electron chi connectivity index (χ1n) is 7.06. The Kier molecular flexibility index (Phi) is 2.85. The molecule has 0 fully saturated rings. The third kappa shape index (κ3) is 2.20. The minimum atomic E-state index is 0.396. The maximum Gasteiger partial charge on any atom is 0.163 e. The van der Waals surface area contributed by atoms with Crippen molar-refractivity contribution in [1.29, 1.82) is 0 Å². The van der Waals surface area contributed by atoms with Gasteiger partial charge in [-0.25, -0.2) is 15.0 Å². The zero-order valence-corrected chi connectivity index (χ0v) is 12.1. The smallest absolute Gasteiger partial charge is 0.163 e. The van der Waals surface area contributed by atoms with E-state index in [0.717, 1.165) is 22.9 Å². The van der Waals surface area contributed by atoms with Crippen LogP contribution in [0, 0.1) is 6.92 Å². The lowest BCUT2D eigenvalue weighted by Gasteiger charge is -2.18. The summed E-state index contributed by atoms with van der Waals surface area (Å²) in [7, 11) is 0. The molecule has 1 aromatic carbocycles.